The molecule has 2 N–H and O–H groups in total. The maximum atomic E-state index is 13.0. The third-order valence-corrected chi connectivity index (χ3v) is 4.81. The third kappa shape index (κ3) is 3.80. The zero-order chi connectivity index (χ0) is 19.5. The highest BCUT2D eigenvalue weighted by Crippen LogP contribution is 2.19. The molecule has 1 aliphatic heterocycles. The van der Waals surface area contributed by atoms with E-state index in [1.807, 2.05) is 0 Å². The number of hydrogen-bond donors (Lipinski definition) is 2. The van der Waals surface area contributed by atoms with E-state index in [1.54, 1.807) is 35.2 Å². The van der Waals surface area contributed by atoms with Gasteiger partial charge in [0.15, 0.2) is 5.76 Å². The topological polar surface area (TPSA) is 91.2 Å². The molecule has 0 saturated carbocycles. The molecule has 0 spiro atoms. The van der Waals surface area contributed by atoms with Gasteiger partial charge in [-0.25, -0.2) is 4.39 Å². The molecule has 0 unspecified atom stereocenters. The molecule has 8 heteroatoms. The van der Waals surface area contributed by atoms with Gasteiger partial charge in [-0.2, -0.15) is 5.10 Å². The molecule has 1 saturated heterocycles. The van der Waals surface area contributed by atoms with Crippen LogP contribution in [-0.4, -0.2) is 46.0 Å². The molecular formula is C20H19FN4O3. The van der Waals surface area contributed by atoms with Gasteiger partial charge in [0.05, 0.1) is 12.0 Å². The van der Waals surface area contributed by atoms with Gasteiger partial charge in [0.1, 0.15) is 11.5 Å². The minimum Gasteiger partial charge on any atom is -0.459 e. The molecule has 0 atom stereocenters. The highest BCUT2D eigenvalue weighted by atomic mass is 19.1. The van der Waals surface area contributed by atoms with E-state index in [4.69, 9.17) is 4.42 Å². The molecule has 28 heavy (non-hydrogen) atoms. The van der Waals surface area contributed by atoms with Crippen LogP contribution in [0.4, 0.5) is 4.39 Å². The number of hydrogen-bond acceptors (Lipinski definition) is 4. The number of carbonyl (C=O) groups excluding carboxylic acids is 2. The van der Waals surface area contributed by atoms with Crippen LogP contribution in [0.3, 0.4) is 0 Å². The molecule has 3 aromatic rings. The highest BCUT2D eigenvalue weighted by molar-refractivity contribution is 5.93. The molecule has 1 aliphatic rings. The van der Waals surface area contributed by atoms with Crippen LogP contribution >= 0.6 is 0 Å². The van der Waals surface area contributed by atoms with E-state index in [0.717, 1.165) is 5.56 Å². The van der Waals surface area contributed by atoms with Crippen molar-refractivity contribution in [2.75, 3.05) is 13.1 Å². The predicted molar refractivity (Wildman–Crippen MR) is 99.1 cm³/mol. The Morgan fingerprint density at radius 1 is 1.18 bits per heavy atom. The van der Waals surface area contributed by atoms with E-state index >= 15 is 0 Å². The summed E-state index contributed by atoms with van der Waals surface area (Å²) < 4.78 is 18.2. The van der Waals surface area contributed by atoms with Gasteiger partial charge in [-0.1, -0.05) is 0 Å². The van der Waals surface area contributed by atoms with Crippen LogP contribution < -0.4 is 5.32 Å². The average molecular weight is 382 g/mol. The summed E-state index contributed by atoms with van der Waals surface area (Å²) >= 11 is 0. The van der Waals surface area contributed by atoms with Crippen molar-refractivity contribution in [2.24, 2.45) is 0 Å². The number of likely N-dealkylation sites (tertiary alicyclic amines) is 1. The molecule has 4 rings (SSSR count). The zero-order valence-electron chi connectivity index (χ0n) is 15.0. The van der Waals surface area contributed by atoms with Gasteiger partial charge in [-0.3, -0.25) is 14.7 Å². The lowest BCUT2D eigenvalue weighted by Crippen LogP contribution is -2.46. The van der Waals surface area contributed by atoms with Crippen molar-refractivity contribution >= 4 is 11.8 Å². The fourth-order valence-electron chi connectivity index (χ4n) is 3.25. The Kier molecular flexibility index (Phi) is 4.92. The number of halogens is 1. The van der Waals surface area contributed by atoms with E-state index in [9.17, 15) is 14.0 Å². The normalized spacial score (nSPS) is 14.8. The van der Waals surface area contributed by atoms with E-state index in [1.165, 1.54) is 18.4 Å². The van der Waals surface area contributed by atoms with E-state index in [2.05, 4.69) is 15.5 Å². The first-order valence-corrected chi connectivity index (χ1v) is 9.05. The van der Waals surface area contributed by atoms with Crippen LogP contribution in [0.5, 0.6) is 0 Å². The van der Waals surface area contributed by atoms with Gasteiger partial charge < -0.3 is 14.6 Å². The summed E-state index contributed by atoms with van der Waals surface area (Å²) in [6, 6.07) is 10.9. The first-order chi connectivity index (χ1) is 13.6. The van der Waals surface area contributed by atoms with Crippen molar-refractivity contribution < 1.29 is 18.4 Å². The number of aromatic nitrogens is 2. The Balaban J connectivity index is 1.32. The Morgan fingerprint density at radius 3 is 2.61 bits per heavy atom. The monoisotopic (exact) mass is 382 g/mol. The van der Waals surface area contributed by atoms with Crippen molar-refractivity contribution in [1.29, 1.82) is 0 Å². The predicted octanol–water partition coefficient (Wildman–Crippen LogP) is 2.84. The smallest absolute Gasteiger partial charge is 0.289 e. The Hall–Kier alpha value is -3.42. The number of piperidine rings is 1. The number of amides is 2. The van der Waals surface area contributed by atoms with Gasteiger partial charge in [-0.05, 0) is 55.3 Å². The summed E-state index contributed by atoms with van der Waals surface area (Å²) in [6.45, 7) is 1.10. The fourth-order valence-corrected chi connectivity index (χ4v) is 3.25. The molecule has 0 bridgehead atoms. The molecule has 3 heterocycles. The standard InChI is InChI=1S/C20H19FN4O3/c21-14-5-3-13(4-6-14)16-12-17(24-23-16)19(26)22-15-7-9-25(10-8-15)20(27)18-2-1-11-28-18/h1-6,11-12,15H,7-10H2,(H,22,26)(H,23,24). The van der Waals surface area contributed by atoms with Gasteiger partial charge in [0.2, 0.25) is 0 Å². The number of benzene rings is 1. The zero-order valence-corrected chi connectivity index (χ0v) is 15.0. The van der Waals surface area contributed by atoms with Gasteiger partial charge >= 0.3 is 0 Å². The summed E-state index contributed by atoms with van der Waals surface area (Å²) in [5, 5.41) is 9.82. The van der Waals surface area contributed by atoms with E-state index in [-0.39, 0.29) is 23.7 Å². The molecule has 1 fully saturated rings. The first kappa shape index (κ1) is 18.0. The molecule has 7 nitrogen and oxygen atoms in total. The van der Waals surface area contributed by atoms with Crippen molar-refractivity contribution in [2.45, 2.75) is 18.9 Å². The SMILES string of the molecule is O=C(NC1CCN(C(=O)c2ccco2)CC1)c1cc(-c2ccc(F)cc2)n[nH]1. The van der Waals surface area contributed by atoms with E-state index < -0.39 is 0 Å². The molecule has 1 aromatic carbocycles. The minimum absolute atomic E-state index is 0.0225. The number of nitrogens with one attached hydrogen (secondary N) is 2. The fraction of sp³-hybridized carbons (Fsp3) is 0.250. The van der Waals surface area contributed by atoms with Crippen molar-refractivity contribution in [3.63, 3.8) is 0 Å². The number of H-pyrrole nitrogens is 1. The molecule has 2 aromatic heterocycles. The lowest BCUT2D eigenvalue weighted by atomic mass is 10.0. The quantitative estimate of drug-likeness (QED) is 0.726. The number of carbonyl (C=O) groups is 2. The maximum Gasteiger partial charge on any atom is 0.289 e. The first-order valence-electron chi connectivity index (χ1n) is 9.05. The number of rotatable bonds is 4. The Bertz CT molecular complexity index is 958. The molecule has 2 amide bonds. The largest absolute Gasteiger partial charge is 0.459 e. The highest BCUT2D eigenvalue weighted by Gasteiger charge is 2.26. The minimum atomic E-state index is -0.325. The second kappa shape index (κ2) is 7.67. The van der Waals surface area contributed by atoms with Gasteiger partial charge in [-0.15, -0.1) is 0 Å². The average Bonchev–Trinajstić information content (AvgIpc) is 3.41. The van der Waals surface area contributed by atoms with Gasteiger partial charge in [0.25, 0.3) is 11.8 Å². The lowest BCUT2D eigenvalue weighted by molar-refractivity contribution is 0.0667. The van der Waals surface area contributed by atoms with Crippen molar-refractivity contribution in [1.82, 2.24) is 20.4 Å². The van der Waals surface area contributed by atoms with Crippen LogP contribution in [0.2, 0.25) is 0 Å². The maximum absolute atomic E-state index is 13.0. The van der Waals surface area contributed by atoms with E-state index in [0.29, 0.717) is 43.1 Å². The van der Waals surface area contributed by atoms with Gasteiger partial charge in [0, 0.05) is 24.7 Å². The summed E-state index contributed by atoms with van der Waals surface area (Å²) in [5.74, 6) is -0.383. The second-order valence-corrected chi connectivity index (χ2v) is 6.69. The number of furan rings is 1. The number of aromatic amines is 1. The van der Waals surface area contributed by atoms with Crippen molar-refractivity contribution in [3.8, 4) is 11.3 Å². The number of nitrogens with zero attached hydrogens (tertiary/aromatic N) is 2. The van der Waals surface area contributed by atoms with Crippen LogP contribution in [-0.2, 0) is 0 Å². The van der Waals surface area contributed by atoms with Crippen LogP contribution in [0.1, 0.15) is 33.9 Å². The Morgan fingerprint density at radius 2 is 1.93 bits per heavy atom. The van der Waals surface area contributed by atoms with Crippen LogP contribution in [0.25, 0.3) is 11.3 Å². The van der Waals surface area contributed by atoms with Crippen LogP contribution in [0, 0.1) is 5.82 Å². The molecule has 0 radical (unpaired) electrons. The Labute approximate surface area is 160 Å². The summed E-state index contributed by atoms with van der Waals surface area (Å²) in [6.07, 6.45) is 2.80. The van der Waals surface area contributed by atoms with Crippen molar-refractivity contribution in [3.05, 3.63) is 66.0 Å². The lowest BCUT2D eigenvalue weighted by Gasteiger charge is -2.31. The molecule has 144 valence electrons. The molecule has 0 aliphatic carbocycles. The summed E-state index contributed by atoms with van der Waals surface area (Å²) in [7, 11) is 0. The van der Waals surface area contributed by atoms with Crippen LogP contribution in [0.15, 0.2) is 53.1 Å². The summed E-state index contributed by atoms with van der Waals surface area (Å²) in [4.78, 5) is 26.5. The summed E-state index contributed by atoms with van der Waals surface area (Å²) in [5.41, 5.74) is 1.64. The second-order valence-electron chi connectivity index (χ2n) is 6.69. The molecular weight excluding hydrogens is 363 g/mol. The third-order valence-electron chi connectivity index (χ3n) is 4.81.